The lowest BCUT2D eigenvalue weighted by Crippen LogP contribution is -2.52. The van der Waals surface area contributed by atoms with Crippen LogP contribution in [0, 0.1) is 0 Å². The lowest BCUT2D eigenvalue weighted by atomic mass is 9.85. The van der Waals surface area contributed by atoms with Gasteiger partial charge in [0.05, 0.1) is 19.5 Å². The minimum atomic E-state index is -0.0445. The summed E-state index contributed by atoms with van der Waals surface area (Å²) in [5.41, 5.74) is 0.682. The third-order valence-electron chi connectivity index (χ3n) is 4.97. The Bertz CT molecular complexity index is 526. The van der Waals surface area contributed by atoms with E-state index in [1.165, 1.54) is 38.9 Å². The van der Waals surface area contributed by atoms with Gasteiger partial charge in [0.15, 0.2) is 5.69 Å². The predicted molar refractivity (Wildman–Crippen MR) is 78.3 cm³/mol. The standard InChI is InChI=1S/C15H22N4O2/c1-18-7-3-4-15(18)5-8-19(9-6-15)14(20)12-10-16-11-13(17-12)21-2/h10-11H,3-9H2,1-2H3. The maximum atomic E-state index is 12.5. The fourth-order valence-corrected chi connectivity index (χ4v) is 3.54. The maximum Gasteiger partial charge on any atom is 0.274 e. The van der Waals surface area contributed by atoms with Crippen LogP contribution in [0.4, 0.5) is 0 Å². The lowest BCUT2D eigenvalue weighted by molar-refractivity contribution is 0.0486. The van der Waals surface area contributed by atoms with Gasteiger partial charge in [-0.3, -0.25) is 9.78 Å². The zero-order valence-corrected chi connectivity index (χ0v) is 12.7. The SMILES string of the molecule is COc1cncc(C(=O)N2CCC3(CCCN3C)CC2)n1. The molecule has 3 heterocycles. The normalized spacial score (nSPS) is 21.7. The first-order valence-electron chi connectivity index (χ1n) is 7.51. The molecule has 2 aliphatic heterocycles. The van der Waals surface area contributed by atoms with E-state index in [9.17, 15) is 4.79 Å². The van der Waals surface area contributed by atoms with Gasteiger partial charge >= 0.3 is 0 Å². The highest BCUT2D eigenvalue weighted by molar-refractivity contribution is 5.92. The van der Waals surface area contributed by atoms with Crippen molar-refractivity contribution >= 4 is 5.91 Å². The van der Waals surface area contributed by atoms with E-state index in [1.807, 2.05) is 4.90 Å². The van der Waals surface area contributed by atoms with Crippen LogP contribution in [0.3, 0.4) is 0 Å². The van der Waals surface area contributed by atoms with Gasteiger partial charge in [-0.2, -0.15) is 0 Å². The topological polar surface area (TPSA) is 58.6 Å². The molecule has 1 aromatic rings. The molecule has 1 spiro atoms. The second-order valence-electron chi connectivity index (χ2n) is 5.99. The molecule has 0 bridgehead atoms. The molecule has 0 radical (unpaired) electrons. The van der Waals surface area contributed by atoms with Crippen LogP contribution in [0.5, 0.6) is 5.88 Å². The smallest absolute Gasteiger partial charge is 0.274 e. The van der Waals surface area contributed by atoms with E-state index in [2.05, 4.69) is 21.9 Å². The third kappa shape index (κ3) is 2.60. The van der Waals surface area contributed by atoms with Gasteiger partial charge in [-0.05, 0) is 39.3 Å². The number of nitrogens with zero attached hydrogens (tertiary/aromatic N) is 4. The molecule has 1 aromatic heterocycles. The number of carbonyl (C=O) groups excluding carboxylic acids is 1. The van der Waals surface area contributed by atoms with Gasteiger partial charge < -0.3 is 14.5 Å². The summed E-state index contributed by atoms with van der Waals surface area (Å²) in [5, 5.41) is 0. The minimum absolute atomic E-state index is 0.0445. The van der Waals surface area contributed by atoms with Crippen LogP contribution in [0.1, 0.15) is 36.2 Å². The summed E-state index contributed by atoms with van der Waals surface area (Å²) in [6.07, 6.45) is 7.64. The van der Waals surface area contributed by atoms with E-state index in [0.29, 0.717) is 17.1 Å². The first-order valence-corrected chi connectivity index (χ1v) is 7.51. The molecule has 6 nitrogen and oxygen atoms in total. The van der Waals surface area contributed by atoms with Crippen LogP contribution in [-0.2, 0) is 0 Å². The number of rotatable bonds is 2. The Morgan fingerprint density at radius 3 is 2.62 bits per heavy atom. The predicted octanol–water partition coefficient (Wildman–Crippen LogP) is 1.19. The van der Waals surface area contributed by atoms with Crippen LogP contribution < -0.4 is 4.74 Å². The summed E-state index contributed by atoms with van der Waals surface area (Å²) in [4.78, 5) is 25.1. The summed E-state index contributed by atoms with van der Waals surface area (Å²) < 4.78 is 5.03. The van der Waals surface area contributed by atoms with Crippen LogP contribution in [0.25, 0.3) is 0 Å². The highest BCUT2D eigenvalue weighted by Crippen LogP contribution is 2.37. The average molecular weight is 290 g/mol. The van der Waals surface area contributed by atoms with E-state index < -0.39 is 0 Å². The Morgan fingerprint density at radius 1 is 1.24 bits per heavy atom. The molecule has 3 rings (SSSR count). The summed E-state index contributed by atoms with van der Waals surface area (Å²) in [6, 6.07) is 0. The highest BCUT2D eigenvalue weighted by atomic mass is 16.5. The molecule has 6 heteroatoms. The number of likely N-dealkylation sites (tertiary alicyclic amines) is 2. The molecular formula is C15H22N4O2. The maximum absolute atomic E-state index is 12.5. The first kappa shape index (κ1) is 14.3. The Morgan fingerprint density at radius 2 is 2.00 bits per heavy atom. The number of carbonyl (C=O) groups is 1. The van der Waals surface area contributed by atoms with Gasteiger partial charge in [0.1, 0.15) is 0 Å². The fourth-order valence-electron chi connectivity index (χ4n) is 3.54. The van der Waals surface area contributed by atoms with Gasteiger partial charge in [-0.15, -0.1) is 0 Å². The number of hydrogen-bond donors (Lipinski definition) is 0. The number of hydrogen-bond acceptors (Lipinski definition) is 5. The molecule has 1 amide bonds. The molecule has 0 atom stereocenters. The van der Waals surface area contributed by atoms with Crippen molar-refractivity contribution in [3.8, 4) is 5.88 Å². The summed E-state index contributed by atoms with van der Waals surface area (Å²) in [6.45, 7) is 2.76. The van der Waals surface area contributed by atoms with Crippen LogP contribution >= 0.6 is 0 Å². The molecule has 114 valence electrons. The largest absolute Gasteiger partial charge is 0.480 e. The zero-order chi connectivity index (χ0) is 14.9. The van der Waals surface area contributed by atoms with Gasteiger partial charge in [0, 0.05) is 18.6 Å². The van der Waals surface area contributed by atoms with Crippen molar-refractivity contribution in [1.82, 2.24) is 19.8 Å². The van der Waals surface area contributed by atoms with Crippen molar-refractivity contribution < 1.29 is 9.53 Å². The van der Waals surface area contributed by atoms with Gasteiger partial charge in [-0.1, -0.05) is 0 Å². The minimum Gasteiger partial charge on any atom is -0.480 e. The first-order chi connectivity index (χ1) is 10.1. The molecule has 0 unspecified atom stereocenters. The Kier molecular flexibility index (Phi) is 3.80. The number of ether oxygens (including phenoxy) is 1. The van der Waals surface area contributed by atoms with E-state index >= 15 is 0 Å². The Hall–Kier alpha value is -1.69. The number of amides is 1. The van der Waals surface area contributed by atoms with Crippen molar-refractivity contribution in [2.75, 3.05) is 33.8 Å². The van der Waals surface area contributed by atoms with Crippen molar-refractivity contribution in [2.45, 2.75) is 31.2 Å². The molecule has 2 aliphatic rings. The van der Waals surface area contributed by atoms with Crippen LogP contribution in [0.2, 0.25) is 0 Å². The molecule has 0 aliphatic carbocycles. The molecular weight excluding hydrogens is 268 g/mol. The van der Waals surface area contributed by atoms with Crippen molar-refractivity contribution in [1.29, 1.82) is 0 Å². The van der Waals surface area contributed by atoms with Crippen LogP contribution in [0.15, 0.2) is 12.4 Å². The van der Waals surface area contributed by atoms with Gasteiger partial charge in [0.2, 0.25) is 5.88 Å². The number of aromatic nitrogens is 2. The summed E-state index contributed by atoms with van der Waals surface area (Å²) >= 11 is 0. The number of methoxy groups -OCH3 is 1. The molecule has 0 saturated carbocycles. The van der Waals surface area contributed by atoms with Gasteiger partial charge in [0.25, 0.3) is 5.91 Å². The lowest BCUT2D eigenvalue weighted by Gasteiger charge is -2.43. The summed E-state index contributed by atoms with van der Waals surface area (Å²) in [7, 11) is 3.73. The van der Waals surface area contributed by atoms with Crippen LogP contribution in [-0.4, -0.2) is 65.0 Å². The highest BCUT2D eigenvalue weighted by Gasteiger charge is 2.42. The van der Waals surface area contributed by atoms with Gasteiger partial charge in [-0.25, -0.2) is 4.98 Å². The second kappa shape index (κ2) is 5.60. The summed E-state index contributed by atoms with van der Waals surface area (Å²) in [5.74, 6) is 0.335. The molecule has 0 N–H and O–H groups in total. The average Bonchev–Trinajstić information content (AvgIpc) is 2.88. The third-order valence-corrected chi connectivity index (χ3v) is 4.97. The molecule has 2 fully saturated rings. The second-order valence-corrected chi connectivity index (χ2v) is 5.99. The molecule has 0 aromatic carbocycles. The fraction of sp³-hybridized carbons (Fsp3) is 0.667. The van der Waals surface area contributed by atoms with Crippen molar-refractivity contribution in [3.63, 3.8) is 0 Å². The van der Waals surface area contributed by atoms with E-state index in [4.69, 9.17) is 4.74 Å². The van der Waals surface area contributed by atoms with E-state index in [1.54, 1.807) is 0 Å². The van der Waals surface area contributed by atoms with Crippen molar-refractivity contribution in [2.24, 2.45) is 0 Å². The molecule has 2 saturated heterocycles. The Labute approximate surface area is 125 Å². The monoisotopic (exact) mass is 290 g/mol. The Balaban J connectivity index is 1.67. The van der Waals surface area contributed by atoms with Crippen molar-refractivity contribution in [3.05, 3.63) is 18.1 Å². The molecule has 21 heavy (non-hydrogen) atoms. The van der Waals surface area contributed by atoms with E-state index in [0.717, 1.165) is 25.9 Å². The number of piperidine rings is 1. The quantitative estimate of drug-likeness (QED) is 0.819. The zero-order valence-electron chi connectivity index (χ0n) is 12.7. The van der Waals surface area contributed by atoms with E-state index in [-0.39, 0.29) is 5.91 Å².